The molecule has 1 heterocycles. The van der Waals surface area contributed by atoms with Crippen molar-refractivity contribution < 1.29 is 4.39 Å². The van der Waals surface area contributed by atoms with Gasteiger partial charge in [-0.3, -0.25) is 16.3 Å². The molecule has 0 spiro atoms. The van der Waals surface area contributed by atoms with Crippen LogP contribution in [0.1, 0.15) is 50.8 Å². The quantitative estimate of drug-likeness (QED) is 0.639. The van der Waals surface area contributed by atoms with E-state index in [0.29, 0.717) is 17.5 Å². The number of pyridine rings is 1. The summed E-state index contributed by atoms with van der Waals surface area (Å²) in [6.07, 6.45) is 7.55. The molecule has 4 heteroatoms. The zero-order valence-electron chi connectivity index (χ0n) is 10.9. The van der Waals surface area contributed by atoms with Crippen LogP contribution in [0, 0.1) is 17.7 Å². The van der Waals surface area contributed by atoms with Gasteiger partial charge in [-0.15, -0.1) is 0 Å². The summed E-state index contributed by atoms with van der Waals surface area (Å²) in [5.41, 5.74) is 3.25. The molecule has 0 bridgehead atoms. The van der Waals surface area contributed by atoms with E-state index in [1.165, 1.54) is 25.3 Å². The number of nitrogens with one attached hydrogen (secondary N) is 1. The summed E-state index contributed by atoms with van der Waals surface area (Å²) >= 11 is 0. The van der Waals surface area contributed by atoms with E-state index in [4.69, 9.17) is 5.84 Å². The molecule has 0 saturated heterocycles. The minimum atomic E-state index is -0.263. The third-order valence-corrected chi connectivity index (χ3v) is 4.18. The Morgan fingerprint density at radius 3 is 2.94 bits per heavy atom. The van der Waals surface area contributed by atoms with E-state index in [1.807, 2.05) is 0 Å². The maximum Gasteiger partial charge on any atom is 0.146 e. The third kappa shape index (κ3) is 2.70. The van der Waals surface area contributed by atoms with Crippen molar-refractivity contribution in [2.75, 3.05) is 0 Å². The highest BCUT2D eigenvalue weighted by atomic mass is 19.1. The van der Waals surface area contributed by atoms with Gasteiger partial charge < -0.3 is 0 Å². The summed E-state index contributed by atoms with van der Waals surface area (Å²) in [6, 6.07) is 2.90. The molecule has 1 saturated carbocycles. The average molecular weight is 251 g/mol. The van der Waals surface area contributed by atoms with Gasteiger partial charge in [0.1, 0.15) is 5.82 Å². The number of hydrogen-bond donors (Lipinski definition) is 2. The fraction of sp³-hybridized carbons (Fsp3) is 0.643. The number of hydrazine groups is 1. The monoisotopic (exact) mass is 251 g/mol. The van der Waals surface area contributed by atoms with Gasteiger partial charge in [-0.2, -0.15) is 0 Å². The Labute approximate surface area is 108 Å². The maximum atomic E-state index is 13.9. The van der Waals surface area contributed by atoms with Crippen molar-refractivity contribution in [1.82, 2.24) is 10.4 Å². The topological polar surface area (TPSA) is 50.9 Å². The third-order valence-electron chi connectivity index (χ3n) is 4.18. The van der Waals surface area contributed by atoms with Crippen LogP contribution in [-0.2, 0) is 0 Å². The molecule has 0 aliphatic heterocycles. The molecule has 1 aliphatic carbocycles. The van der Waals surface area contributed by atoms with E-state index >= 15 is 0 Å². The van der Waals surface area contributed by atoms with Gasteiger partial charge in [0, 0.05) is 6.20 Å². The smallest absolute Gasteiger partial charge is 0.146 e. The van der Waals surface area contributed by atoms with Crippen molar-refractivity contribution in [2.24, 2.45) is 17.7 Å². The second-order valence-corrected chi connectivity index (χ2v) is 5.13. The lowest BCUT2D eigenvalue weighted by atomic mass is 9.73. The van der Waals surface area contributed by atoms with Crippen LogP contribution in [-0.4, -0.2) is 4.98 Å². The molecule has 18 heavy (non-hydrogen) atoms. The molecule has 3 atom stereocenters. The highest BCUT2D eigenvalue weighted by Gasteiger charge is 2.33. The van der Waals surface area contributed by atoms with E-state index in [0.717, 1.165) is 12.8 Å². The molecule has 3 nitrogen and oxygen atoms in total. The number of nitrogens with zero attached hydrogens (tertiary/aromatic N) is 1. The Hall–Kier alpha value is -1.00. The second kappa shape index (κ2) is 6.25. The molecule has 1 aliphatic rings. The van der Waals surface area contributed by atoms with Gasteiger partial charge in [-0.05, 0) is 30.4 Å². The summed E-state index contributed by atoms with van der Waals surface area (Å²) in [7, 11) is 0. The number of hydrogen-bond acceptors (Lipinski definition) is 3. The average Bonchev–Trinajstić information content (AvgIpc) is 2.42. The van der Waals surface area contributed by atoms with Crippen molar-refractivity contribution in [3.05, 3.63) is 29.8 Å². The Morgan fingerprint density at radius 2 is 2.28 bits per heavy atom. The first-order valence-corrected chi connectivity index (χ1v) is 6.84. The molecule has 0 amide bonds. The number of halogens is 1. The van der Waals surface area contributed by atoms with E-state index in [-0.39, 0.29) is 11.9 Å². The molecule has 1 fully saturated rings. The standard InChI is InChI=1S/C14H22FN3/c1-2-10-6-3-4-7-11(10)13(18-16)14-12(15)8-5-9-17-14/h5,8-11,13,18H,2-4,6-7,16H2,1H3. The normalized spacial score (nSPS) is 25.9. The summed E-state index contributed by atoms with van der Waals surface area (Å²) in [4.78, 5) is 4.18. The first-order valence-electron chi connectivity index (χ1n) is 6.84. The number of nitrogens with two attached hydrogens (primary N) is 1. The molecule has 3 N–H and O–H groups in total. The molecule has 0 radical (unpaired) electrons. The van der Waals surface area contributed by atoms with Gasteiger partial charge in [0.2, 0.25) is 0 Å². The zero-order chi connectivity index (χ0) is 13.0. The van der Waals surface area contributed by atoms with Crippen molar-refractivity contribution in [3.8, 4) is 0 Å². The van der Waals surface area contributed by atoms with E-state index in [9.17, 15) is 4.39 Å². The van der Waals surface area contributed by atoms with Crippen LogP contribution in [0.2, 0.25) is 0 Å². The summed E-state index contributed by atoms with van der Waals surface area (Å²) < 4.78 is 13.9. The van der Waals surface area contributed by atoms with Gasteiger partial charge >= 0.3 is 0 Å². The van der Waals surface area contributed by atoms with Crippen LogP contribution in [0.3, 0.4) is 0 Å². The maximum absolute atomic E-state index is 13.9. The van der Waals surface area contributed by atoms with Crippen LogP contribution < -0.4 is 11.3 Å². The van der Waals surface area contributed by atoms with E-state index in [1.54, 1.807) is 12.3 Å². The minimum absolute atomic E-state index is 0.170. The lowest BCUT2D eigenvalue weighted by molar-refractivity contribution is 0.171. The molecule has 100 valence electrons. The largest absolute Gasteiger partial charge is 0.271 e. The van der Waals surface area contributed by atoms with Crippen LogP contribution in [0.15, 0.2) is 18.3 Å². The Kier molecular flexibility index (Phi) is 4.66. The predicted octanol–water partition coefficient (Wildman–Crippen LogP) is 2.94. The Morgan fingerprint density at radius 1 is 1.50 bits per heavy atom. The molecule has 3 unspecified atom stereocenters. The minimum Gasteiger partial charge on any atom is -0.271 e. The SMILES string of the molecule is CCC1CCCCC1C(NN)c1ncccc1F. The zero-order valence-corrected chi connectivity index (χ0v) is 10.9. The molecular weight excluding hydrogens is 229 g/mol. The first kappa shape index (κ1) is 13.4. The number of rotatable bonds is 4. The Bertz CT molecular complexity index is 383. The fourth-order valence-corrected chi connectivity index (χ4v) is 3.21. The van der Waals surface area contributed by atoms with Gasteiger partial charge in [0.15, 0.2) is 0 Å². The van der Waals surface area contributed by atoms with E-state index < -0.39 is 0 Å². The fourth-order valence-electron chi connectivity index (χ4n) is 3.21. The van der Waals surface area contributed by atoms with Crippen LogP contribution in [0.4, 0.5) is 4.39 Å². The van der Waals surface area contributed by atoms with Crippen LogP contribution in [0.5, 0.6) is 0 Å². The van der Waals surface area contributed by atoms with Gasteiger partial charge in [-0.1, -0.05) is 32.6 Å². The van der Waals surface area contributed by atoms with E-state index in [2.05, 4.69) is 17.3 Å². The Balaban J connectivity index is 2.24. The van der Waals surface area contributed by atoms with Crippen molar-refractivity contribution in [2.45, 2.75) is 45.1 Å². The van der Waals surface area contributed by atoms with Crippen molar-refractivity contribution in [3.63, 3.8) is 0 Å². The van der Waals surface area contributed by atoms with Gasteiger partial charge in [0.25, 0.3) is 0 Å². The predicted molar refractivity (Wildman–Crippen MR) is 70.0 cm³/mol. The van der Waals surface area contributed by atoms with Crippen molar-refractivity contribution >= 4 is 0 Å². The van der Waals surface area contributed by atoms with Gasteiger partial charge in [-0.25, -0.2) is 4.39 Å². The highest BCUT2D eigenvalue weighted by Crippen LogP contribution is 2.39. The summed E-state index contributed by atoms with van der Waals surface area (Å²) in [5, 5.41) is 0. The van der Waals surface area contributed by atoms with Crippen LogP contribution >= 0.6 is 0 Å². The molecular formula is C14H22FN3. The molecule has 1 aromatic rings. The first-order chi connectivity index (χ1) is 8.77. The highest BCUT2D eigenvalue weighted by molar-refractivity contribution is 5.13. The lowest BCUT2D eigenvalue weighted by Gasteiger charge is -2.36. The summed E-state index contributed by atoms with van der Waals surface area (Å²) in [5.74, 6) is 6.40. The number of aromatic nitrogens is 1. The van der Waals surface area contributed by atoms with Crippen LogP contribution in [0.25, 0.3) is 0 Å². The van der Waals surface area contributed by atoms with Gasteiger partial charge in [0.05, 0.1) is 11.7 Å². The molecule has 2 rings (SSSR count). The summed E-state index contributed by atoms with van der Waals surface area (Å²) in [6.45, 7) is 2.20. The second-order valence-electron chi connectivity index (χ2n) is 5.13. The van der Waals surface area contributed by atoms with Crippen molar-refractivity contribution in [1.29, 1.82) is 0 Å². The molecule has 1 aromatic heterocycles. The molecule has 0 aromatic carbocycles. The lowest BCUT2D eigenvalue weighted by Crippen LogP contribution is -2.39.